The summed E-state index contributed by atoms with van der Waals surface area (Å²) in [5.74, 6) is 4.06. The minimum Gasteiger partial charge on any atom is -0.497 e. The third-order valence-corrected chi connectivity index (χ3v) is 5.29. The average molecular weight is 412 g/mol. The first kappa shape index (κ1) is 19.1. The fourth-order valence-corrected chi connectivity index (χ4v) is 3.71. The zero-order chi connectivity index (χ0) is 20.2. The van der Waals surface area contributed by atoms with E-state index in [1.807, 2.05) is 42.5 Å². The monoisotopic (exact) mass is 412 g/mol. The van der Waals surface area contributed by atoms with Gasteiger partial charge in [-0.1, -0.05) is 17.8 Å². The van der Waals surface area contributed by atoms with Gasteiger partial charge in [-0.05, 0) is 30.3 Å². The zero-order valence-corrected chi connectivity index (χ0v) is 17.1. The quantitative estimate of drug-likeness (QED) is 0.589. The molecule has 150 valence electrons. The van der Waals surface area contributed by atoms with Crippen LogP contribution in [0.15, 0.2) is 52.7 Å². The third-order valence-electron chi connectivity index (χ3n) is 4.36. The van der Waals surface area contributed by atoms with Gasteiger partial charge in [-0.25, -0.2) is 0 Å². The number of aromatic nitrogens is 3. The Balaban J connectivity index is 1.57. The SMILES string of the molecule is COc1cccc(OCc2nnc3n2N=C(c2ccc(OC)c(OC)c2)CS3)c1. The van der Waals surface area contributed by atoms with Crippen LogP contribution in [0.1, 0.15) is 11.4 Å². The summed E-state index contributed by atoms with van der Waals surface area (Å²) in [6.07, 6.45) is 0. The lowest BCUT2D eigenvalue weighted by Crippen LogP contribution is -2.15. The average Bonchev–Trinajstić information content (AvgIpc) is 3.19. The number of thioether (sulfide) groups is 1. The molecule has 0 unspecified atom stereocenters. The smallest absolute Gasteiger partial charge is 0.212 e. The molecule has 0 bridgehead atoms. The van der Waals surface area contributed by atoms with Crippen LogP contribution in [0.4, 0.5) is 0 Å². The minimum atomic E-state index is 0.240. The van der Waals surface area contributed by atoms with Crippen molar-refractivity contribution in [3.8, 4) is 23.0 Å². The Bertz CT molecular complexity index is 1050. The largest absolute Gasteiger partial charge is 0.497 e. The Labute approximate surface area is 172 Å². The predicted octanol–water partition coefficient (Wildman–Crippen LogP) is 3.24. The van der Waals surface area contributed by atoms with E-state index in [-0.39, 0.29) is 6.61 Å². The lowest BCUT2D eigenvalue weighted by molar-refractivity contribution is 0.288. The standard InChI is InChI=1S/C20H20N4O4S/c1-25-14-5-4-6-15(10-14)28-11-19-21-22-20-24(19)23-16(12-29-20)13-7-8-17(26-2)18(9-13)27-3/h4-10H,11-12H2,1-3H3. The molecule has 8 nitrogen and oxygen atoms in total. The molecule has 3 aromatic rings. The lowest BCUT2D eigenvalue weighted by atomic mass is 10.1. The van der Waals surface area contributed by atoms with Crippen molar-refractivity contribution in [3.05, 3.63) is 53.9 Å². The summed E-state index contributed by atoms with van der Waals surface area (Å²) in [7, 11) is 4.85. The van der Waals surface area contributed by atoms with Crippen LogP contribution in [0, 0.1) is 0 Å². The third kappa shape index (κ3) is 4.00. The molecule has 0 N–H and O–H groups in total. The van der Waals surface area contributed by atoms with Gasteiger partial charge in [0.15, 0.2) is 17.3 Å². The number of hydrogen-bond acceptors (Lipinski definition) is 8. The van der Waals surface area contributed by atoms with E-state index < -0.39 is 0 Å². The second-order valence-corrected chi connectivity index (χ2v) is 7.03. The Morgan fingerprint density at radius 2 is 1.76 bits per heavy atom. The highest BCUT2D eigenvalue weighted by atomic mass is 32.2. The van der Waals surface area contributed by atoms with Gasteiger partial charge in [0.2, 0.25) is 5.16 Å². The maximum absolute atomic E-state index is 5.85. The van der Waals surface area contributed by atoms with Crippen molar-refractivity contribution >= 4 is 17.5 Å². The number of rotatable bonds is 7. The van der Waals surface area contributed by atoms with Crippen molar-refractivity contribution in [2.24, 2.45) is 5.10 Å². The summed E-state index contributed by atoms with van der Waals surface area (Å²) in [5.41, 5.74) is 1.85. The minimum absolute atomic E-state index is 0.240. The summed E-state index contributed by atoms with van der Waals surface area (Å²) in [5, 5.41) is 13.9. The van der Waals surface area contributed by atoms with Crippen LogP contribution < -0.4 is 18.9 Å². The normalized spacial score (nSPS) is 12.7. The topological polar surface area (TPSA) is 80.0 Å². The van der Waals surface area contributed by atoms with Crippen molar-refractivity contribution in [2.75, 3.05) is 27.1 Å². The van der Waals surface area contributed by atoms with Crippen molar-refractivity contribution in [1.82, 2.24) is 14.9 Å². The van der Waals surface area contributed by atoms with Crippen molar-refractivity contribution < 1.29 is 18.9 Å². The molecule has 29 heavy (non-hydrogen) atoms. The van der Waals surface area contributed by atoms with Gasteiger partial charge < -0.3 is 18.9 Å². The first-order valence-corrected chi connectivity index (χ1v) is 9.84. The van der Waals surface area contributed by atoms with E-state index in [0.717, 1.165) is 22.2 Å². The fraction of sp³-hybridized carbons (Fsp3) is 0.250. The van der Waals surface area contributed by atoms with Crippen LogP contribution in [-0.2, 0) is 6.61 Å². The highest BCUT2D eigenvalue weighted by Crippen LogP contribution is 2.30. The highest BCUT2D eigenvalue weighted by Gasteiger charge is 2.21. The van der Waals surface area contributed by atoms with Gasteiger partial charge >= 0.3 is 0 Å². The van der Waals surface area contributed by atoms with Crippen LogP contribution in [0.25, 0.3) is 0 Å². The fourth-order valence-electron chi connectivity index (χ4n) is 2.85. The van der Waals surface area contributed by atoms with Crippen LogP contribution in [0.5, 0.6) is 23.0 Å². The summed E-state index contributed by atoms with van der Waals surface area (Å²) in [6.45, 7) is 0.240. The molecular formula is C20H20N4O4S. The van der Waals surface area contributed by atoms with Gasteiger partial charge in [-0.15, -0.1) is 10.2 Å². The molecule has 0 amide bonds. The Morgan fingerprint density at radius 1 is 0.931 bits per heavy atom. The molecule has 1 aliphatic heterocycles. The summed E-state index contributed by atoms with van der Waals surface area (Å²) < 4.78 is 23.5. The number of hydrogen-bond donors (Lipinski definition) is 0. The number of ether oxygens (including phenoxy) is 4. The lowest BCUT2D eigenvalue weighted by Gasteiger charge is -2.15. The molecule has 1 aliphatic rings. The van der Waals surface area contributed by atoms with Crippen LogP contribution in [-0.4, -0.2) is 47.7 Å². The van der Waals surface area contributed by atoms with Gasteiger partial charge in [0, 0.05) is 17.4 Å². The number of nitrogens with zero attached hydrogens (tertiary/aromatic N) is 4. The second-order valence-electron chi connectivity index (χ2n) is 6.08. The predicted molar refractivity (Wildman–Crippen MR) is 110 cm³/mol. The van der Waals surface area contributed by atoms with E-state index in [2.05, 4.69) is 10.2 Å². The van der Waals surface area contributed by atoms with Crippen LogP contribution in [0.3, 0.4) is 0 Å². The molecule has 0 fully saturated rings. The zero-order valence-electron chi connectivity index (χ0n) is 16.3. The Kier molecular flexibility index (Phi) is 5.57. The second kappa shape index (κ2) is 8.44. The molecule has 0 saturated carbocycles. The van der Waals surface area contributed by atoms with Gasteiger partial charge in [0.1, 0.15) is 18.1 Å². The first-order valence-electron chi connectivity index (χ1n) is 8.86. The highest BCUT2D eigenvalue weighted by molar-refractivity contribution is 7.99. The molecule has 4 rings (SSSR count). The van der Waals surface area contributed by atoms with Gasteiger partial charge in [-0.3, -0.25) is 0 Å². The van der Waals surface area contributed by atoms with Crippen molar-refractivity contribution in [2.45, 2.75) is 11.8 Å². The number of benzene rings is 2. The number of fused-ring (bicyclic) bond motifs is 1. The van der Waals surface area contributed by atoms with Crippen LogP contribution >= 0.6 is 11.8 Å². The van der Waals surface area contributed by atoms with Crippen LogP contribution in [0.2, 0.25) is 0 Å². The van der Waals surface area contributed by atoms with E-state index >= 15 is 0 Å². The van der Waals surface area contributed by atoms with E-state index in [1.165, 1.54) is 0 Å². The van der Waals surface area contributed by atoms with Crippen molar-refractivity contribution in [3.63, 3.8) is 0 Å². The molecule has 1 aromatic heterocycles. The molecule has 9 heteroatoms. The Hall–Kier alpha value is -3.20. The Morgan fingerprint density at radius 3 is 2.55 bits per heavy atom. The molecular weight excluding hydrogens is 392 g/mol. The number of methoxy groups -OCH3 is 3. The molecule has 0 aliphatic carbocycles. The maximum atomic E-state index is 5.85. The summed E-state index contributed by atoms with van der Waals surface area (Å²) in [4.78, 5) is 0. The van der Waals surface area contributed by atoms with Gasteiger partial charge in [-0.2, -0.15) is 9.78 Å². The molecule has 0 radical (unpaired) electrons. The molecule has 2 aromatic carbocycles. The van der Waals surface area contributed by atoms with E-state index in [9.17, 15) is 0 Å². The van der Waals surface area contributed by atoms with Gasteiger partial charge in [0.05, 0.1) is 27.0 Å². The van der Waals surface area contributed by atoms with E-state index in [1.54, 1.807) is 37.8 Å². The first-order chi connectivity index (χ1) is 14.2. The van der Waals surface area contributed by atoms with Gasteiger partial charge in [0.25, 0.3) is 0 Å². The maximum Gasteiger partial charge on any atom is 0.212 e. The van der Waals surface area contributed by atoms with E-state index in [0.29, 0.717) is 28.8 Å². The molecule has 2 heterocycles. The van der Waals surface area contributed by atoms with Crippen molar-refractivity contribution in [1.29, 1.82) is 0 Å². The molecule has 0 atom stereocenters. The van der Waals surface area contributed by atoms with E-state index in [4.69, 9.17) is 24.0 Å². The summed E-state index contributed by atoms with van der Waals surface area (Å²) in [6, 6.07) is 13.2. The molecule has 0 spiro atoms. The summed E-state index contributed by atoms with van der Waals surface area (Å²) >= 11 is 1.57. The molecule has 0 saturated heterocycles.